The van der Waals surface area contributed by atoms with E-state index in [1.165, 1.54) is 4.57 Å². The van der Waals surface area contributed by atoms with Gasteiger partial charge in [0, 0.05) is 19.0 Å². The highest BCUT2D eigenvalue weighted by Crippen LogP contribution is 2.27. The van der Waals surface area contributed by atoms with Crippen LogP contribution in [0.5, 0.6) is 0 Å². The number of hydrogen-bond acceptors (Lipinski definition) is 5. The molecule has 0 aromatic carbocycles. The first kappa shape index (κ1) is 18.2. The highest BCUT2D eigenvalue weighted by atomic mass is 19.4. The summed E-state index contributed by atoms with van der Waals surface area (Å²) in [4.78, 5) is 22.1. The van der Waals surface area contributed by atoms with Crippen molar-refractivity contribution in [2.24, 2.45) is 5.92 Å². The SMILES string of the molecule is O=c1cc(C(F)(F)F)ncn1CC1CCN(Cc2nc3c(o2)CCC3)CC1. The molecule has 0 unspecified atom stereocenters. The monoisotopic (exact) mass is 382 g/mol. The fourth-order valence-electron chi connectivity index (χ4n) is 3.83. The van der Waals surface area contributed by atoms with Crippen molar-refractivity contribution >= 4 is 0 Å². The molecule has 0 atom stereocenters. The van der Waals surface area contributed by atoms with Crippen molar-refractivity contribution in [2.45, 2.75) is 51.4 Å². The quantitative estimate of drug-likeness (QED) is 0.814. The number of rotatable bonds is 4. The molecule has 1 aliphatic carbocycles. The molecule has 0 saturated carbocycles. The molecule has 27 heavy (non-hydrogen) atoms. The summed E-state index contributed by atoms with van der Waals surface area (Å²) in [6.07, 6.45) is 1.24. The van der Waals surface area contributed by atoms with Crippen molar-refractivity contribution < 1.29 is 17.6 Å². The highest BCUT2D eigenvalue weighted by molar-refractivity contribution is 5.15. The molecule has 0 N–H and O–H groups in total. The zero-order chi connectivity index (χ0) is 19.0. The molecule has 2 aromatic rings. The summed E-state index contributed by atoms with van der Waals surface area (Å²) in [6, 6.07) is 0.566. The summed E-state index contributed by atoms with van der Waals surface area (Å²) in [5.41, 5.74) is -0.709. The van der Waals surface area contributed by atoms with Gasteiger partial charge in [0.05, 0.1) is 18.6 Å². The molecule has 6 nitrogen and oxygen atoms in total. The third-order valence-corrected chi connectivity index (χ3v) is 5.33. The summed E-state index contributed by atoms with van der Waals surface area (Å²) in [7, 11) is 0. The Labute approximate surface area is 154 Å². The summed E-state index contributed by atoms with van der Waals surface area (Å²) in [5, 5.41) is 0. The van der Waals surface area contributed by atoms with Crippen LogP contribution in [-0.2, 0) is 32.1 Å². The highest BCUT2D eigenvalue weighted by Gasteiger charge is 2.33. The number of alkyl halides is 3. The Morgan fingerprint density at radius 1 is 1.22 bits per heavy atom. The number of nitrogens with zero attached hydrogens (tertiary/aromatic N) is 4. The Kier molecular flexibility index (Phi) is 4.79. The smallest absolute Gasteiger partial charge is 0.433 e. The van der Waals surface area contributed by atoms with Gasteiger partial charge in [0.25, 0.3) is 5.56 Å². The van der Waals surface area contributed by atoms with Crippen molar-refractivity contribution in [3.05, 3.63) is 45.8 Å². The van der Waals surface area contributed by atoms with Crippen LogP contribution in [-0.4, -0.2) is 32.5 Å². The van der Waals surface area contributed by atoms with Gasteiger partial charge in [0.15, 0.2) is 5.69 Å². The lowest BCUT2D eigenvalue weighted by Crippen LogP contribution is -2.36. The van der Waals surface area contributed by atoms with Gasteiger partial charge in [0.2, 0.25) is 5.89 Å². The molecule has 9 heteroatoms. The van der Waals surface area contributed by atoms with Crippen LogP contribution < -0.4 is 5.56 Å². The first-order valence-corrected chi connectivity index (χ1v) is 9.22. The van der Waals surface area contributed by atoms with E-state index in [4.69, 9.17) is 4.42 Å². The van der Waals surface area contributed by atoms with Crippen LogP contribution in [0.4, 0.5) is 13.2 Å². The third-order valence-electron chi connectivity index (χ3n) is 5.33. The Morgan fingerprint density at radius 2 is 2.00 bits per heavy atom. The van der Waals surface area contributed by atoms with E-state index < -0.39 is 17.4 Å². The molecule has 2 aromatic heterocycles. The molecule has 146 valence electrons. The van der Waals surface area contributed by atoms with Crippen molar-refractivity contribution in [3.8, 4) is 0 Å². The molecular formula is C18H21F3N4O2. The van der Waals surface area contributed by atoms with E-state index in [9.17, 15) is 18.0 Å². The summed E-state index contributed by atoms with van der Waals surface area (Å²) in [5.74, 6) is 2.03. The lowest BCUT2D eigenvalue weighted by molar-refractivity contribution is -0.141. The largest absolute Gasteiger partial charge is 0.444 e. The van der Waals surface area contributed by atoms with Gasteiger partial charge in [0.1, 0.15) is 5.76 Å². The molecule has 1 saturated heterocycles. The number of aryl methyl sites for hydroxylation is 2. The van der Waals surface area contributed by atoms with Crippen LogP contribution in [0.2, 0.25) is 0 Å². The van der Waals surface area contributed by atoms with Crippen molar-refractivity contribution in [1.82, 2.24) is 19.4 Å². The van der Waals surface area contributed by atoms with Crippen LogP contribution in [0.25, 0.3) is 0 Å². The maximum absolute atomic E-state index is 12.6. The molecule has 1 aliphatic heterocycles. The maximum Gasteiger partial charge on any atom is 0.433 e. The van der Waals surface area contributed by atoms with E-state index in [0.717, 1.165) is 68.9 Å². The molecule has 0 spiro atoms. The number of likely N-dealkylation sites (tertiary alicyclic amines) is 1. The van der Waals surface area contributed by atoms with Crippen LogP contribution >= 0.6 is 0 Å². The summed E-state index contributed by atoms with van der Waals surface area (Å²) in [6.45, 7) is 2.77. The Hall–Kier alpha value is -2.16. The zero-order valence-electron chi connectivity index (χ0n) is 14.8. The van der Waals surface area contributed by atoms with Crippen LogP contribution in [0.15, 0.2) is 21.6 Å². The lowest BCUT2D eigenvalue weighted by atomic mass is 9.96. The van der Waals surface area contributed by atoms with E-state index in [0.29, 0.717) is 19.2 Å². The second-order valence-corrected chi connectivity index (χ2v) is 7.31. The molecule has 3 heterocycles. The molecule has 0 radical (unpaired) electrons. The van der Waals surface area contributed by atoms with Crippen LogP contribution in [0.3, 0.4) is 0 Å². The van der Waals surface area contributed by atoms with Crippen LogP contribution in [0, 0.1) is 5.92 Å². The number of oxazole rings is 1. The fourth-order valence-corrected chi connectivity index (χ4v) is 3.83. The maximum atomic E-state index is 12.6. The molecule has 4 rings (SSSR count). The first-order valence-electron chi connectivity index (χ1n) is 9.22. The van der Waals surface area contributed by atoms with E-state index in [-0.39, 0.29) is 5.92 Å². The minimum absolute atomic E-state index is 0.243. The van der Waals surface area contributed by atoms with Gasteiger partial charge < -0.3 is 4.42 Å². The minimum atomic E-state index is -4.59. The van der Waals surface area contributed by atoms with Crippen molar-refractivity contribution in [1.29, 1.82) is 0 Å². The van der Waals surface area contributed by atoms with Gasteiger partial charge in [-0.05, 0) is 44.7 Å². The molecule has 0 amide bonds. The van der Waals surface area contributed by atoms with Gasteiger partial charge in [-0.1, -0.05) is 0 Å². The van der Waals surface area contributed by atoms with Crippen molar-refractivity contribution in [3.63, 3.8) is 0 Å². The van der Waals surface area contributed by atoms with Gasteiger partial charge >= 0.3 is 6.18 Å². The fraction of sp³-hybridized carbons (Fsp3) is 0.611. The van der Waals surface area contributed by atoms with Gasteiger partial charge in [-0.3, -0.25) is 14.3 Å². The predicted molar refractivity (Wildman–Crippen MR) is 90.0 cm³/mol. The topological polar surface area (TPSA) is 64.2 Å². The molecular weight excluding hydrogens is 361 g/mol. The van der Waals surface area contributed by atoms with E-state index in [1.807, 2.05) is 0 Å². The molecule has 0 bridgehead atoms. The number of fused-ring (bicyclic) bond motifs is 1. The second kappa shape index (κ2) is 7.10. The Bertz CT molecular complexity index is 845. The summed E-state index contributed by atoms with van der Waals surface area (Å²) < 4.78 is 44.9. The second-order valence-electron chi connectivity index (χ2n) is 7.31. The zero-order valence-corrected chi connectivity index (χ0v) is 14.8. The van der Waals surface area contributed by atoms with E-state index in [2.05, 4.69) is 14.9 Å². The number of hydrogen-bond donors (Lipinski definition) is 0. The average molecular weight is 382 g/mol. The number of aromatic nitrogens is 3. The normalized spacial score (nSPS) is 18.8. The Balaban J connectivity index is 1.31. The molecule has 1 fully saturated rings. The standard InChI is InChI=1S/C18H21F3N4O2/c19-18(20,21)15-8-17(26)25(11-22-15)9-12-4-6-24(7-5-12)10-16-23-13-2-1-3-14(13)27-16/h8,11-12H,1-7,9-10H2. The summed E-state index contributed by atoms with van der Waals surface area (Å²) >= 11 is 0. The predicted octanol–water partition coefficient (Wildman–Crippen LogP) is 2.65. The van der Waals surface area contributed by atoms with Crippen molar-refractivity contribution in [2.75, 3.05) is 13.1 Å². The van der Waals surface area contributed by atoms with E-state index in [1.54, 1.807) is 0 Å². The number of halogens is 3. The van der Waals surface area contributed by atoms with Gasteiger partial charge in [-0.15, -0.1) is 0 Å². The van der Waals surface area contributed by atoms with Gasteiger partial charge in [-0.2, -0.15) is 13.2 Å². The average Bonchev–Trinajstić information content (AvgIpc) is 3.19. The number of piperidine rings is 1. The molecule has 2 aliphatic rings. The van der Waals surface area contributed by atoms with Gasteiger partial charge in [-0.25, -0.2) is 9.97 Å². The third kappa shape index (κ3) is 4.07. The lowest BCUT2D eigenvalue weighted by Gasteiger charge is -2.31. The van der Waals surface area contributed by atoms with E-state index >= 15 is 0 Å². The first-order chi connectivity index (χ1) is 12.9. The minimum Gasteiger partial charge on any atom is -0.444 e. The van der Waals surface area contributed by atoms with Crippen LogP contribution in [0.1, 0.15) is 42.3 Å². The Morgan fingerprint density at radius 3 is 2.67 bits per heavy atom.